The van der Waals surface area contributed by atoms with Crippen molar-refractivity contribution >= 4 is 131 Å². The van der Waals surface area contributed by atoms with E-state index in [1.807, 2.05) is 18.5 Å². The molecule has 0 aliphatic rings. The average Bonchev–Trinajstić information content (AvgIpc) is 4.14. The van der Waals surface area contributed by atoms with Crippen molar-refractivity contribution in [2.45, 2.75) is 0 Å². The van der Waals surface area contributed by atoms with Crippen LogP contribution in [0.5, 0.6) is 0 Å². The molecule has 0 saturated heterocycles. The molecule has 0 fully saturated rings. The Balaban J connectivity index is 0.000000258. The smallest absolute Gasteiger partial charge is 0.753 e. The number of hydrogen-bond acceptors (Lipinski definition) is 9. The number of carboxylic acid groups (broad SMARTS) is 1. The first-order valence-electron chi connectivity index (χ1n) is 19.1. The molecule has 0 aliphatic heterocycles. The van der Waals surface area contributed by atoms with Crippen molar-refractivity contribution in [2.75, 3.05) is 0 Å². The summed E-state index contributed by atoms with van der Waals surface area (Å²) >= 11 is 10.9. The van der Waals surface area contributed by atoms with E-state index in [-0.39, 0.29) is 25.0 Å². The van der Waals surface area contributed by atoms with Crippen LogP contribution in [0.1, 0.15) is 31.2 Å². The van der Waals surface area contributed by atoms with E-state index < -0.39 is 5.97 Å². The van der Waals surface area contributed by atoms with Gasteiger partial charge in [0, 0.05) is 68.8 Å². The third-order valence-corrected chi connectivity index (χ3v) is 11.7. The number of isothiocyanates is 2. The summed E-state index contributed by atoms with van der Waals surface area (Å²) in [7, 11) is 4.22. The molecule has 10 rings (SSSR count). The van der Waals surface area contributed by atoms with Gasteiger partial charge in [0.05, 0.1) is 51.8 Å². The average molecular weight is 996 g/mol. The van der Waals surface area contributed by atoms with E-state index >= 15 is 0 Å². The number of aromatic carboxylic acids is 1. The molecule has 10 nitrogen and oxygen atoms in total. The summed E-state index contributed by atoms with van der Waals surface area (Å²) in [6, 6.07) is 34.5. The van der Waals surface area contributed by atoms with E-state index in [4.69, 9.17) is 25.9 Å². The quantitative estimate of drug-likeness (QED) is 0.0944. The predicted molar refractivity (Wildman–Crippen MR) is 268 cm³/mol. The van der Waals surface area contributed by atoms with Crippen molar-refractivity contribution in [3.8, 4) is 22.8 Å². The van der Waals surface area contributed by atoms with Crippen molar-refractivity contribution < 1.29 is 29.4 Å². The normalized spacial score (nSPS) is 10.7. The summed E-state index contributed by atoms with van der Waals surface area (Å²) in [4.78, 5) is 31.2. The topological polar surface area (TPSA) is 143 Å². The minimum absolute atomic E-state index is 0. The first kappa shape index (κ1) is 46.7. The fourth-order valence-corrected chi connectivity index (χ4v) is 8.32. The SMILES string of the molecule is Cn1c2ccc(/C=C/c3cccs3)cc2c2cc(-c3cc4c5cc(/C=C/c6cccs6)ccc5n(C)c4cn3)ncc21.O=C(O)c1ccnc(-c2ccccn2)c1.[N-]=C=S.[N-]=C=S.[Ru+2]. The molecule has 2 aromatic carbocycles. The number of carboxylic acids is 1. The maximum absolute atomic E-state index is 10.7. The van der Waals surface area contributed by atoms with Gasteiger partial charge in [-0.05, 0) is 107 Å². The van der Waals surface area contributed by atoms with Gasteiger partial charge in [0.25, 0.3) is 0 Å². The Bertz CT molecular complexity index is 3170. The number of hydrogen-bond donors (Lipinski definition) is 1. The number of aryl methyl sites for hydroxylation is 2. The second-order valence-electron chi connectivity index (χ2n) is 13.7. The Morgan fingerprint density at radius 3 is 1.48 bits per heavy atom. The van der Waals surface area contributed by atoms with Crippen LogP contribution in [-0.4, -0.2) is 50.5 Å². The fourth-order valence-electron chi connectivity index (χ4n) is 7.08. The Morgan fingerprint density at radius 2 is 1.05 bits per heavy atom. The first-order chi connectivity index (χ1) is 30.7. The zero-order valence-electron chi connectivity index (χ0n) is 34.0. The molecule has 0 saturated carbocycles. The molecule has 64 heavy (non-hydrogen) atoms. The van der Waals surface area contributed by atoms with E-state index in [1.165, 1.54) is 82.1 Å². The second kappa shape index (κ2) is 22.0. The summed E-state index contributed by atoms with van der Waals surface area (Å²) in [5, 5.41) is 34.8. The van der Waals surface area contributed by atoms with Gasteiger partial charge in [-0.3, -0.25) is 19.9 Å². The summed E-state index contributed by atoms with van der Waals surface area (Å²) in [6.07, 6.45) is 15.8. The molecular formula is C49H34N8O2RuS4. The number of fused-ring (bicyclic) bond motifs is 6. The van der Waals surface area contributed by atoms with Crippen LogP contribution in [0.3, 0.4) is 0 Å². The van der Waals surface area contributed by atoms with Crippen molar-refractivity contribution in [1.29, 1.82) is 0 Å². The number of thiocarbonyl (C=S) groups is 2. The van der Waals surface area contributed by atoms with Gasteiger partial charge >= 0.3 is 25.4 Å². The van der Waals surface area contributed by atoms with Crippen LogP contribution in [0, 0.1) is 0 Å². The molecule has 1 N–H and O–H groups in total. The third kappa shape index (κ3) is 10.7. The molecule has 10 aromatic rings. The van der Waals surface area contributed by atoms with Crippen molar-refractivity contribution in [1.82, 2.24) is 29.1 Å². The minimum Gasteiger partial charge on any atom is -0.753 e. The van der Waals surface area contributed by atoms with Gasteiger partial charge in [-0.15, -0.1) is 22.7 Å². The maximum atomic E-state index is 10.7. The van der Waals surface area contributed by atoms with Gasteiger partial charge in [-0.2, -0.15) is 10.3 Å². The Labute approximate surface area is 399 Å². The van der Waals surface area contributed by atoms with E-state index in [1.54, 1.807) is 41.0 Å². The number of rotatable bonds is 7. The number of aromatic nitrogens is 6. The van der Waals surface area contributed by atoms with Crippen LogP contribution in [0.4, 0.5) is 0 Å². The third-order valence-electron chi connectivity index (χ3n) is 10.00. The zero-order valence-corrected chi connectivity index (χ0v) is 39.0. The Hall–Kier alpha value is -6.79. The van der Waals surface area contributed by atoms with Crippen LogP contribution in [-0.2, 0) is 33.6 Å². The molecule has 0 atom stereocenters. The van der Waals surface area contributed by atoms with Crippen LogP contribution < -0.4 is 0 Å². The van der Waals surface area contributed by atoms with Crippen molar-refractivity contribution in [3.05, 3.63) is 176 Å². The van der Waals surface area contributed by atoms with Crippen molar-refractivity contribution in [3.63, 3.8) is 0 Å². The van der Waals surface area contributed by atoms with E-state index in [2.05, 4.69) is 165 Å². The van der Waals surface area contributed by atoms with Gasteiger partial charge in [0.15, 0.2) is 0 Å². The number of nitrogens with zero attached hydrogens (tertiary/aromatic N) is 8. The maximum Gasteiger partial charge on any atom is 2.00 e. The summed E-state index contributed by atoms with van der Waals surface area (Å²) in [5.74, 6) is -0.963. The van der Waals surface area contributed by atoms with Crippen LogP contribution in [0.25, 0.3) is 102 Å². The van der Waals surface area contributed by atoms with Crippen LogP contribution in [0.2, 0.25) is 0 Å². The van der Waals surface area contributed by atoms with Gasteiger partial charge in [-0.25, -0.2) is 4.79 Å². The molecule has 314 valence electrons. The van der Waals surface area contributed by atoms with Gasteiger partial charge in [0.2, 0.25) is 0 Å². The summed E-state index contributed by atoms with van der Waals surface area (Å²) < 4.78 is 4.45. The minimum atomic E-state index is -0.963. The molecular weight excluding hydrogens is 962 g/mol. The van der Waals surface area contributed by atoms with Gasteiger partial charge < -0.3 is 25.1 Å². The molecule has 0 spiro atoms. The zero-order chi connectivity index (χ0) is 44.3. The molecule has 0 radical (unpaired) electrons. The molecule has 8 heterocycles. The standard InChI is InChI=1S/C36H26N4S2.C11H8N2O2.2CNS.Ru/c1-39-33-13-9-23(7-11-25-5-3-15-41-25)17-27(33)29-19-31(37-21-35(29)39)32-20-30-28-18-24(8-12-26-6-4-16-42-26)10-14-34(28)40(2)36(30)22-38-32;14-11(15)8-4-6-13-10(7-8)9-3-1-2-5-12-9;2*2-1-3;/h3-22H,1-2H3;1-7H,(H,14,15);;;/q;;2*-1;+2/b11-7+,12-8+;;;;. The Morgan fingerprint density at radius 1 is 0.578 bits per heavy atom. The number of pyridine rings is 4. The second-order valence-corrected chi connectivity index (χ2v) is 16.0. The largest absolute Gasteiger partial charge is 2.00 e. The predicted octanol–water partition coefficient (Wildman–Crippen LogP) is 13.1. The molecule has 0 unspecified atom stereocenters. The number of benzene rings is 2. The number of thiophene rings is 2. The summed E-state index contributed by atoms with van der Waals surface area (Å²) in [5.41, 5.74) is 10.2. The Kier molecular flexibility index (Phi) is 16.1. The molecule has 0 amide bonds. The molecule has 0 bridgehead atoms. The molecule has 15 heteroatoms. The van der Waals surface area contributed by atoms with Gasteiger partial charge in [0.1, 0.15) is 0 Å². The molecule has 8 aromatic heterocycles. The molecule has 0 aliphatic carbocycles. The summed E-state index contributed by atoms with van der Waals surface area (Å²) in [6.45, 7) is 0. The number of carbonyl (C=O) groups is 1. The van der Waals surface area contributed by atoms with E-state index in [0.29, 0.717) is 11.4 Å². The van der Waals surface area contributed by atoms with E-state index in [0.717, 1.165) is 22.4 Å². The van der Waals surface area contributed by atoms with Crippen LogP contribution in [0.15, 0.2) is 139 Å². The first-order valence-corrected chi connectivity index (χ1v) is 21.6. The monoisotopic (exact) mass is 996 g/mol. The van der Waals surface area contributed by atoms with Crippen LogP contribution >= 0.6 is 47.1 Å². The van der Waals surface area contributed by atoms with Crippen molar-refractivity contribution in [2.24, 2.45) is 14.1 Å². The van der Waals surface area contributed by atoms with E-state index in [9.17, 15) is 4.79 Å². The van der Waals surface area contributed by atoms with Gasteiger partial charge in [-0.1, -0.05) is 66.9 Å². The fraction of sp³-hybridized carbons (Fsp3) is 0.0408.